The molecule has 25 heavy (non-hydrogen) atoms. The van der Waals surface area contributed by atoms with E-state index in [1.54, 1.807) is 24.3 Å². The summed E-state index contributed by atoms with van der Waals surface area (Å²) in [7, 11) is -3.84. The van der Waals surface area contributed by atoms with Crippen LogP contribution in [0, 0.1) is 0 Å². The van der Waals surface area contributed by atoms with Crippen LogP contribution in [0.5, 0.6) is 0 Å². The topological polar surface area (TPSA) is 111 Å². The first-order chi connectivity index (χ1) is 11.9. The number of aromatic nitrogens is 1. The Balaban J connectivity index is 1.67. The van der Waals surface area contributed by atoms with E-state index in [2.05, 4.69) is 4.98 Å². The number of imide groups is 1. The third kappa shape index (κ3) is 3.56. The van der Waals surface area contributed by atoms with Gasteiger partial charge in [-0.05, 0) is 23.8 Å². The molecule has 0 radical (unpaired) electrons. The first kappa shape index (κ1) is 16.8. The quantitative estimate of drug-likeness (QED) is 0.724. The molecule has 0 fully saturated rings. The van der Waals surface area contributed by atoms with Crippen molar-refractivity contribution in [2.45, 2.75) is 5.75 Å². The van der Waals surface area contributed by atoms with Crippen molar-refractivity contribution in [2.75, 3.05) is 5.75 Å². The van der Waals surface area contributed by atoms with Gasteiger partial charge in [-0.1, -0.05) is 23.3 Å². The molecule has 0 atom stereocenters. The van der Waals surface area contributed by atoms with Crippen LogP contribution in [0.1, 0.15) is 26.3 Å². The van der Waals surface area contributed by atoms with Crippen molar-refractivity contribution < 1.29 is 27.6 Å². The smallest absolute Gasteiger partial charge is 0.329 e. The molecule has 128 valence electrons. The molecule has 1 aromatic heterocycles. The van der Waals surface area contributed by atoms with E-state index in [1.165, 1.54) is 24.5 Å². The average Bonchev–Trinajstić information content (AvgIpc) is 2.80. The molecule has 8 nitrogen and oxygen atoms in total. The highest BCUT2D eigenvalue weighted by Gasteiger charge is 2.39. The number of carbonyl (C=O) groups is 3. The Morgan fingerprint density at radius 1 is 1.04 bits per heavy atom. The van der Waals surface area contributed by atoms with E-state index in [-0.39, 0.29) is 16.2 Å². The minimum absolute atomic E-state index is 0.0958. The highest BCUT2D eigenvalue weighted by Crippen LogP contribution is 2.22. The van der Waals surface area contributed by atoms with E-state index in [9.17, 15) is 22.8 Å². The number of benzene rings is 1. The number of carbonyl (C=O) groups excluding carboxylic acids is 3. The van der Waals surface area contributed by atoms with E-state index >= 15 is 0 Å². The Morgan fingerprint density at radius 3 is 2.24 bits per heavy atom. The Kier molecular flexibility index (Phi) is 4.32. The molecule has 0 spiro atoms. The lowest BCUT2D eigenvalue weighted by molar-refractivity contribution is -0.165. The molecule has 0 N–H and O–H groups in total. The van der Waals surface area contributed by atoms with E-state index in [0.29, 0.717) is 5.56 Å². The lowest BCUT2D eigenvalue weighted by Gasteiger charge is -2.12. The van der Waals surface area contributed by atoms with Gasteiger partial charge < -0.3 is 4.84 Å². The fourth-order valence-electron chi connectivity index (χ4n) is 2.35. The first-order valence-corrected chi connectivity index (χ1v) is 8.97. The molecule has 1 aromatic carbocycles. The normalized spacial score (nSPS) is 13.7. The van der Waals surface area contributed by atoms with Gasteiger partial charge in [-0.15, -0.1) is 0 Å². The molecule has 3 rings (SSSR count). The summed E-state index contributed by atoms with van der Waals surface area (Å²) in [4.78, 5) is 44.5. The molecule has 9 heteroatoms. The maximum absolute atomic E-state index is 12.1. The molecule has 0 unspecified atom stereocenters. The lowest BCUT2D eigenvalue weighted by atomic mass is 10.1. The second kappa shape index (κ2) is 6.44. The second-order valence-electron chi connectivity index (χ2n) is 5.31. The molecule has 0 bridgehead atoms. The predicted octanol–water partition coefficient (Wildman–Crippen LogP) is 0.751. The Hall–Kier alpha value is -3.07. The monoisotopic (exact) mass is 360 g/mol. The van der Waals surface area contributed by atoms with Crippen molar-refractivity contribution in [3.8, 4) is 0 Å². The van der Waals surface area contributed by atoms with E-state index in [4.69, 9.17) is 4.84 Å². The van der Waals surface area contributed by atoms with Crippen LogP contribution in [0.4, 0.5) is 0 Å². The fourth-order valence-corrected chi connectivity index (χ4v) is 3.54. The number of hydrogen-bond acceptors (Lipinski definition) is 7. The maximum Gasteiger partial charge on any atom is 0.348 e. The molecular formula is C16H12N2O6S. The number of hydrogen-bond donors (Lipinski definition) is 0. The number of amides is 2. The van der Waals surface area contributed by atoms with Gasteiger partial charge in [-0.3, -0.25) is 14.6 Å². The van der Waals surface area contributed by atoms with E-state index in [1.807, 2.05) is 0 Å². The number of fused-ring (bicyclic) bond motifs is 1. The van der Waals surface area contributed by atoms with Crippen LogP contribution in [0.2, 0.25) is 0 Å². The minimum atomic E-state index is -3.84. The number of sulfone groups is 1. The molecule has 2 amide bonds. The van der Waals surface area contributed by atoms with Gasteiger partial charge in [0.25, 0.3) is 11.8 Å². The summed E-state index contributed by atoms with van der Waals surface area (Å²) in [5.74, 6) is -4.19. The van der Waals surface area contributed by atoms with Gasteiger partial charge in [0, 0.05) is 12.4 Å². The fraction of sp³-hybridized carbons (Fsp3) is 0.125. The average molecular weight is 360 g/mol. The molecule has 0 saturated carbocycles. The second-order valence-corrected chi connectivity index (χ2v) is 7.37. The third-order valence-electron chi connectivity index (χ3n) is 3.40. The highest BCUT2D eigenvalue weighted by molar-refractivity contribution is 7.91. The zero-order valence-electron chi connectivity index (χ0n) is 12.8. The SMILES string of the molecule is O=C(CS(=O)(=O)Cc1cccnc1)ON1C(=O)c2ccccc2C1=O. The maximum atomic E-state index is 12.1. The van der Waals surface area contributed by atoms with Crippen molar-refractivity contribution in [3.63, 3.8) is 0 Å². The van der Waals surface area contributed by atoms with Gasteiger partial charge in [0.2, 0.25) is 0 Å². The van der Waals surface area contributed by atoms with E-state index in [0.717, 1.165) is 0 Å². The summed E-state index contributed by atoms with van der Waals surface area (Å²) in [6.07, 6.45) is 2.86. The predicted molar refractivity (Wildman–Crippen MR) is 84.8 cm³/mol. The Bertz CT molecular complexity index is 921. The van der Waals surface area contributed by atoms with Crippen molar-refractivity contribution in [2.24, 2.45) is 0 Å². The zero-order valence-corrected chi connectivity index (χ0v) is 13.6. The van der Waals surface area contributed by atoms with Crippen LogP contribution in [0.15, 0.2) is 48.8 Å². The van der Waals surface area contributed by atoms with Gasteiger partial charge >= 0.3 is 5.97 Å². The largest absolute Gasteiger partial charge is 0.348 e. The van der Waals surface area contributed by atoms with Crippen molar-refractivity contribution in [3.05, 3.63) is 65.5 Å². The van der Waals surface area contributed by atoms with Gasteiger partial charge in [-0.25, -0.2) is 13.2 Å². The summed E-state index contributed by atoms with van der Waals surface area (Å²) in [6.45, 7) is 0. The van der Waals surface area contributed by atoms with Crippen LogP contribution in [-0.2, 0) is 25.2 Å². The number of nitrogens with zero attached hydrogens (tertiary/aromatic N) is 2. The van der Waals surface area contributed by atoms with E-state index < -0.39 is 39.1 Å². The number of hydroxylamine groups is 2. The molecule has 0 saturated heterocycles. The van der Waals surface area contributed by atoms with Crippen molar-refractivity contribution >= 4 is 27.6 Å². The highest BCUT2D eigenvalue weighted by atomic mass is 32.2. The molecular weight excluding hydrogens is 348 g/mol. The lowest BCUT2D eigenvalue weighted by Crippen LogP contribution is -2.35. The van der Waals surface area contributed by atoms with Crippen molar-refractivity contribution in [1.29, 1.82) is 0 Å². The zero-order chi connectivity index (χ0) is 18.0. The molecule has 2 heterocycles. The van der Waals surface area contributed by atoms with Crippen LogP contribution in [0.25, 0.3) is 0 Å². The summed E-state index contributed by atoms with van der Waals surface area (Å²) in [5, 5.41) is 0.284. The molecule has 1 aliphatic heterocycles. The van der Waals surface area contributed by atoms with Crippen molar-refractivity contribution in [1.82, 2.24) is 10.0 Å². The van der Waals surface area contributed by atoms with Crippen LogP contribution in [0.3, 0.4) is 0 Å². The molecule has 1 aliphatic rings. The van der Waals surface area contributed by atoms with Crippen LogP contribution < -0.4 is 0 Å². The number of rotatable bonds is 5. The summed E-state index contributed by atoms with van der Waals surface area (Å²) in [5.41, 5.74) is 0.605. The summed E-state index contributed by atoms with van der Waals surface area (Å²) < 4.78 is 24.1. The van der Waals surface area contributed by atoms with Crippen LogP contribution in [-0.4, -0.2) is 42.0 Å². The van der Waals surface area contributed by atoms with Gasteiger partial charge in [0.15, 0.2) is 15.6 Å². The minimum Gasteiger partial charge on any atom is -0.329 e. The summed E-state index contributed by atoms with van der Waals surface area (Å²) in [6, 6.07) is 9.09. The number of pyridine rings is 1. The van der Waals surface area contributed by atoms with Gasteiger partial charge in [0.1, 0.15) is 0 Å². The summed E-state index contributed by atoms with van der Waals surface area (Å²) >= 11 is 0. The van der Waals surface area contributed by atoms with Gasteiger partial charge in [-0.2, -0.15) is 0 Å². The molecule has 2 aromatic rings. The standard InChI is InChI=1S/C16H12N2O6S/c19-14(10-25(22,23)9-11-4-3-7-17-8-11)24-18-15(20)12-5-1-2-6-13(12)16(18)21/h1-8H,9-10H2. The Morgan fingerprint density at radius 2 is 1.68 bits per heavy atom. The first-order valence-electron chi connectivity index (χ1n) is 7.15. The third-order valence-corrected chi connectivity index (χ3v) is 4.85. The van der Waals surface area contributed by atoms with Crippen LogP contribution >= 0.6 is 0 Å². The van der Waals surface area contributed by atoms with Gasteiger partial charge in [0.05, 0.1) is 16.9 Å². The Labute approximate surface area is 142 Å². The molecule has 0 aliphatic carbocycles.